The third-order valence-corrected chi connectivity index (χ3v) is 12.3. The fraction of sp³-hybridized carbons (Fsp3) is 0.167. The van der Waals surface area contributed by atoms with Gasteiger partial charge in [-0.15, -0.1) is 0 Å². The molecule has 1 radical (unpaired) electrons. The van der Waals surface area contributed by atoms with E-state index >= 15 is 0 Å². The Morgan fingerprint density at radius 2 is 1.11 bits per heavy atom. The van der Waals surface area contributed by atoms with Gasteiger partial charge in [0.25, 0.3) is 5.91 Å². The number of carbonyl (C=O) groups excluding carboxylic acids is 1. The molecule has 5 heteroatoms. The summed E-state index contributed by atoms with van der Waals surface area (Å²) in [6, 6.07) is 35.8. The zero-order valence-electron chi connectivity index (χ0n) is 20.0. The van der Waals surface area contributed by atoms with Gasteiger partial charge in [0, 0.05) is 56.3 Å². The van der Waals surface area contributed by atoms with Crippen molar-refractivity contribution < 1.29 is 37.5 Å². The van der Waals surface area contributed by atoms with Crippen LogP contribution in [0.25, 0.3) is 0 Å². The van der Waals surface area contributed by atoms with Gasteiger partial charge in [-0.2, -0.15) is 0 Å². The van der Waals surface area contributed by atoms with Gasteiger partial charge in [-0.3, -0.25) is 4.79 Å². The van der Waals surface area contributed by atoms with E-state index in [1.165, 1.54) is 15.9 Å². The monoisotopic (exact) mass is 573 g/mol. The molecule has 35 heavy (non-hydrogen) atoms. The van der Waals surface area contributed by atoms with Crippen molar-refractivity contribution in [2.24, 2.45) is 0 Å². The second-order valence-corrected chi connectivity index (χ2v) is 13.3. The molecule has 1 amide bonds. The minimum absolute atomic E-state index is 0. The van der Waals surface area contributed by atoms with Crippen LogP contribution in [0.1, 0.15) is 24.0 Å². The van der Waals surface area contributed by atoms with E-state index in [2.05, 4.69) is 78.1 Å². The van der Waals surface area contributed by atoms with Gasteiger partial charge < -0.3 is 5.32 Å². The van der Waals surface area contributed by atoms with Crippen molar-refractivity contribution in [3.8, 4) is 0 Å². The molecule has 2 nitrogen and oxygen atoms in total. The molecule has 173 valence electrons. The van der Waals surface area contributed by atoms with E-state index in [9.17, 15) is 4.79 Å². The van der Waals surface area contributed by atoms with Crippen LogP contribution in [0.3, 0.4) is 0 Å². The summed E-state index contributed by atoms with van der Waals surface area (Å²) in [4.78, 5) is 14.3. The third kappa shape index (κ3) is 4.56. The maximum Gasteiger partial charge on any atom is 0.269 e. The van der Waals surface area contributed by atoms with Crippen molar-refractivity contribution in [1.82, 2.24) is 0 Å². The number of rotatable bonds is 6. The average molecular weight is 574 g/mol. The molecule has 0 heterocycles. The van der Waals surface area contributed by atoms with Gasteiger partial charge in [0.1, 0.15) is 23.2 Å². The van der Waals surface area contributed by atoms with Crippen LogP contribution >= 0.6 is 18.9 Å². The molecular weight excluding hydrogens is 546 g/mol. The first-order valence-corrected chi connectivity index (χ1v) is 13.8. The van der Waals surface area contributed by atoms with Gasteiger partial charge in [0.15, 0.2) is 5.16 Å². The van der Waals surface area contributed by atoms with Crippen LogP contribution < -0.4 is 21.2 Å². The fourth-order valence-electron chi connectivity index (χ4n) is 5.31. The Morgan fingerprint density at radius 3 is 1.46 bits per heavy atom. The van der Waals surface area contributed by atoms with Gasteiger partial charge in [-0.1, -0.05) is 66.2 Å². The van der Waals surface area contributed by atoms with E-state index in [1.807, 2.05) is 44.2 Å². The molecular formula is C30H28ClNOPY+. The number of halogens is 1. The third-order valence-electron chi connectivity index (χ3n) is 6.95. The predicted molar refractivity (Wildman–Crippen MR) is 147 cm³/mol. The molecule has 0 unspecified atom stereocenters. The smallest absolute Gasteiger partial charge is 0.269 e. The second-order valence-electron chi connectivity index (χ2n) is 9.08. The average Bonchev–Trinajstić information content (AvgIpc) is 3.66. The number of benzene rings is 4. The van der Waals surface area contributed by atoms with Crippen LogP contribution in [0.5, 0.6) is 0 Å². The summed E-state index contributed by atoms with van der Waals surface area (Å²) < 4.78 is 0. The number of carbonyl (C=O) groups is 1. The zero-order valence-corrected chi connectivity index (χ0v) is 24.5. The summed E-state index contributed by atoms with van der Waals surface area (Å²) in [6.07, 6.45) is 1.72. The van der Waals surface area contributed by atoms with Crippen LogP contribution in [0.4, 0.5) is 5.69 Å². The minimum Gasteiger partial charge on any atom is -0.322 e. The number of nitrogens with one attached hydrogen (secondary N) is 1. The number of anilines is 1. The first-order chi connectivity index (χ1) is 16.5. The van der Waals surface area contributed by atoms with Crippen LogP contribution in [-0.4, -0.2) is 11.1 Å². The van der Waals surface area contributed by atoms with Crippen molar-refractivity contribution >= 4 is 46.4 Å². The second kappa shape index (κ2) is 10.7. The molecule has 1 aliphatic carbocycles. The zero-order chi connectivity index (χ0) is 23.8. The first kappa shape index (κ1) is 26.2. The Labute approximate surface area is 238 Å². The summed E-state index contributed by atoms with van der Waals surface area (Å²) in [5.74, 6) is 0.103. The van der Waals surface area contributed by atoms with Gasteiger partial charge in [-0.05, 0) is 73.5 Å². The van der Waals surface area contributed by atoms with Crippen LogP contribution in [-0.2, 0) is 37.5 Å². The largest absolute Gasteiger partial charge is 0.322 e. The Hall–Kier alpha value is -1.83. The maximum atomic E-state index is 14.3. The van der Waals surface area contributed by atoms with Crippen molar-refractivity contribution in [2.75, 3.05) is 5.32 Å². The topological polar surface area (TPSA) is 29.1 Å². The minimum atomic E-state index is -2.32. The van der Waals surface area contributed by atoms with E-state index in [0.29, 0.717) is 5.02 Å². The molecule has 5 rings (SSSR count). The number of aryl methyl sites for hydroxylation is 2. The number of hydrogen-bond acceptors (Lipinski definition) is 1. The molecule has 1 saturated carbocycles. The molecule has 1 N–H and O–H groups in total. The Kier molecular flexibility index (Phi) is 7.99. The summed E-state index contributed by atoms with van der Waals surface area (Å²) >= 11 is 6.27. The molecule has 0 aromatic heterocycles. The van der Waals surface area contributed by atoms with E-state index in [1.54, 1.807) is 0 Å². The summed E-state index contributed by atoms with van der Waals surface area (Å²) in [7, 11) is -2.32. The summed E-state index contributed by atoms with van der Waals surface area (Å²) in [5.41, 5.74) is 2.84. The molecule has 1 fully saturated rings. The summed E-state index contributed by atoms with van der Waals surface area (Å²) in [5, 5.41) is 7.26. The Balaban J connectivity index is 0.00000289. The maximum absolute atomic E-state index is 14.3. The molecule has 4 aromatic carbocycles. The van der Waals surface area contributed by atoms with E-state index in [0.717, 1.165) is 29.7 Å². The SMILES string of the molecule is Cc1cc(Cl)cc(C)c1NC(=O)C1([P+](c2ccccc2)(c2ccccc2)c2ccccc2)CC1.[Y]. The molecule has 1 aliphatic rings. The normalized spacial score (nSPS) is 14.0. The van der Waals surface area contributed by atoms with Crippen molar-refractivity contribution in [3.05, 3.63) is 119 Å². The van der Waals surface area contributed by atoms with Gasteiger partial charge >= 0.3 is 0 Å². The molecule has 0 atom stereocenters. The fourth-order valence-corrected chi connectivity index (χ4v) is 11.0. The molecule has 0 spiro atoms. The Bertz CT molecular complexity index is 1200. The Morgan fingerprint density at radius 1 is 0.743 bits per heavy atom. The van der Waals surface area contributed by atoms with E-state index in [-0.39, 0.29) is 38.6 Å². The standard InChI is InChI=1S/C30H27ClNOP.Y/c1-22-20-24(31)21-23(2)28(22)32-29(33)30(18-19-30)34(25-12-6-3-7-13-25,26-14-8-4-9-15-26)27-16-10-5-11-17-27;/h3-17,20-21H,18-19H2,1-2H3;/p+1. The van der Waals surface area contributed by atoms with Crippen molar-refractivity contribution in [2.45, 2.75) is 31.8 Å². The van der Waals surface area contributed by atoms with Gasteiger partial charge in [0.05, 0.1) is 0 Å². The number of amides is 1. The van der Waals surface area contributed by atoms with Gasteiger partial charge in [-0.25, -0.2) is 0 Å². The predicted octanol–water partition coefficient (Wildman–Crippen LogP) is 6.42. The van der Waals surface area contributed by atoms with Crippen LogP contribution in [0.2, 0.25) is 5.02 Å². The summed E-state index contributed by atoms with van der Waals surface area (Å²) in [6.45, 7) is 4.00. The first-order valence-electron chi connectivity index (χ1n) is 11.6. The van der Waals surface area contributed by atoms with Crippen molar-refractivity contribution in [3.63, 3.8) is 0 Å². The quantitative estimate of drug-likeness (QED) is 0.265. The van der Waals surface area contributed by atoms with Crippen molar-refractivity contribution in [1.29, 1.82) is 0 Å². The molecule has 0 saturated heterocycles. The van der Waals surface area contributed by atoms with Gasteiger partial charge in [0.2, 0.25) is 0 Å². The van der Waals surface area contributed by atoms with Crippen LogP contribution in [0.15, 0.2) is 103 Å². The van der Waals surface area contributed by atoms with Crippen LogP contribution in [0, 0.1) is 13.8 Å². The van der Waals surface area contributed by atoms with E-state index < -0.39 is 12.4 Å². The molecule has 4 aromatic rings. The van der Waals surface area contributed by atoms with E-state index in [4.69, 9.17) is 11.6 Å². The molecule has 0 bridgehead atoms. The number of hydrogen-bond donors (Lipinski definition) is 1. The molecule has 0 aliphatic heterocycles.